The number of non-ortho nitro benzene ring substituents is 1. The molecule has 2 aromatic heterocycles. The number of nitrogens with zero attached hydrogens (tertiary/aromatic N) is 6. The maximum atomic E-state index is 10.9. The van der Waals surface area contributed by atoms with Crippen molar-refractivity contribution in [2.75, 3.05) is 5.43 Å². The Morgan fingerprint density at radius 3 is 2.11 bits per heavy atom. The lowest BCUT2D eigenvalue weighted by atomic mass is 10.0. The van der Waals surface area contributed by atoms with Crippen LogP contribution in [-0.4, -0.2) is 30.9 Å². The monoisotopic (exact) mass is 461 g/mol. The highest BCUT2D eigenvalue weighted by molar-refractivity contribution is 5.80. The van der Waals surface area contributed by atoms with Gasteiger partial charge in [0, 0.05) is 35.1 Å². The Bertz CT molecular complexity index is 1480. The van der Waals surface area contributed by atoms with Crippen molar-refractivity contribution < 1.29 is 4.92 Å². The number of nitrogens with one attached hydrogen (secondary N) is 1. The zero-order chi connectivity index (χ0) is 24.0. The second kappa shape index (κ2) is 9.75. The molecule has 0 fully saturated rings. The van der Waals surface area contributed by atoms with Gasteiger partial charge in [-0.3, -0.25) is 10.1 Å². The van der Waals surface area contributed by atoms with Crippen molar-refractivity contribution >= 4 is 17.9 Å². The minimum absolute atomic E-state index is 0.0376. The van der Waals surface area contributed by atoms with Crippen molar-refractivity contribution in [3.63, 3.8) is 0 Å². The maximum absolute atomic E-state index is 10.9. The lowest BCUT2D eigenvalue weighted by Crippen LogP contribution is -2.04. The van der Waals surface area contributed by atoms with Gasteiger partial charge >= 0.3 is 0 Å². The first-order valence-corrected chi connectivity index (χ1v) is 10.8. The number of benzene rings is 3. The minimum Gasteiger partial charge on any atom is -0.316 e. The van der Waals surface area contributed by atoms with Gasteiger partial charge in [-0.1, -0.05) is 60.7 Å². The summed E-state index contributed by atoms with van der Waals surface area (Å²) in [5.74, 6) is 0.258. The van der Waals surface area contributed by atoms with Crippen LogP contribution in [0.3, 0.4) is 0 Å². The Morgan fingerprint density at radius 1 is 0.800 bits per heavy atom. The molecule has 2 heterocycles. The number of rotatable bonds is 7. The van der Waals surface area contributed by atoms with Crippen LogP contribution < -0.4 is 5.43 Å². The van der Waals surface area contributed by atoms with Crippen molar-refractivity contribution in [2.45, 2.75) is 0 Å². The lowest BCUT2D eigenvalue weighted by molar-refractivity contribution is -0.384. The highest BCUT2D eigenvalue weighted by Crippen LogP contribution is 2.28. The summed E-state index contributed by atoms with van der Waals surface area (Å²) in [6.07, 6.45) is 3.47. The first kappa shape index (κ1) is 21.7. The molecule has 0 aliphatic rings. The van der Waals surface area contributed by atoms with Crippen LogP contribution in [0, 0.1) is 10.1 Å². The van der Waals surface area contributed by atoms with Crippen molar-refractivity contribution in [2.24, 2.45) is 5.10 Å². The SMILES string of the molecule is O=[N+]([O-])c1ccc(-n2cccc2/C=N\Nc2nnc(-c3ccccc3)c(-c3ccccc3)n2)cc1. The second-order valence-electron chi connectivity index (χ2n) is 7.51. The van der Waals surface area contributed by atoms with Crippen molar-refractivity contribution in [1.82, 2.24) is 19.7 Å². The molecule has 3 aromatic carbocycles. The van der Waals surface area contributed by atoms with E-state index in [2.05, 4.69) is 25.7 Å². The smallest absolute Gasteiger partial charge is 0.269 e. The molecule has 0 aliphatic heterocycles. The second-order valence-corrected chi connectivity index (χ2v) is 7.51. The molecule has 5 rings (SSSR count). The van der Waals surface area contributed by atoms with Crippen LogP contribution in [0.4, 0.5) is 11.6 Å². The van der Waals surface area contributed by atoms with E-state index in [0.29, 0.717) is 11.4 Å². The molecule has 5 aromatic rings. The van der Waals surface area contributed by atoms with Gasteiger partial charge in [-0.25, -0.2) is 10.4 Å². The lowest BCUT2D eigenvalue weighted by Gasteiger charge is -2.09. The third-order valence-corrected chi connectivity index (χ3v) is 5.26. The summed E-state index contributed by atoms with van der Waals surface area (Å²) in [5, 5.41) is 23.8. The summed E-state index contributed by atoms with van der Waals surface area (Å²) in [5.41, 5.74) is 7.65. The predicted molar refractivity (Wildman–Crippen MR) is 134 cm³/mol. The Morgan fingerprint density at radius 2 is 1.46 bits per heavy atom. The summed E-state index contributed by atoms with van der Waals surface area (Å²) < 4.78 is 1.86. The third kappa shape index (κ3) is 4.79. The van der Waals surface area contributed by atoms with Gasteiger partial charge in [0.2, 0.25) is 0 Å². The van der Waals surface area contributed by atoms with Gasteiger partial charge in [-0.05, 0) is 24.3 Å². The van der Waals surface area contributed by atoms with Crippen LogP contribution in [0.15, 0.2) is 108 Å². The van der Waals surface area contributed by atoms with E-state index < -0.39 is 4.92 Å². The summed E-state index contributed by atoms with van der Waals surface area (Å²) in [4.78, 5) is 15.2. The number of aromatic nitrogens is 4. The van der Waals surface area contributed by atoms with Crippen LogP contribution in [0.5, 0.6) is 0 Å². The van der Waals surface area contributed by atoms with E-state index in [-0.39, 0.29) is 11.6 Å². The number of nitro groups is 1. The zero-order valence-electron chi connectivity index (χ0n) is 18.4. The zero-order valence-corrected chi connectivity index (χ0v) is 18.4. The number of nitro benzene ring substituents is 1. The third-order valence-electron chi connectivity index (χ3n) is 5.26. The van der Waals surface area contributed by atoms with Gasteiger partial charge in [0.1, 0.15) is 11.4 Å². The highest BCUT2D eigenvalue weighted by atomic mass is 16.6. The fourth-order valence-corrected chi connectivity index (χ4v) is 3.59. The van der Waals surface area contributed by atoms with E-state index in [1.807, 2.05) is 83.6 Å². The number of hydrogen-bond donors (Lipinski definition) is 1. The first-order valence-electron chi connectivity index (χ1n) is 10.8. The van der Waals surface area contributed by atoms with E-state index in [4.69, 9.17) is 0 Å². The summed E-state index contributed by atoms with van der Waals surface area (Å²) >= 11 is 0. The Hall–Kier alpha value is -5.18. The average molecular weight is 461 g/mol. The van der Waals surface area contributed by atoms with Crippen molar-refractivity contribution in [1.29, 1.82) is 0 Å². The van der Waals surface area contributed by atoms with Gasteiger partial charge < -0.3 is 4.57 Å². The number of hydrazone groups is 1. The Balaban J connectivity index is 1.41. The molecule has 35 heavy (non-hydrogen) atoms. The highest BCUT2D eigenvalue weighted by Gasteiger charge is 2.13. The fourth-order valence-electron chi connectivity index (χ4n) is 3.59. The van der Waals surface area contributed by atoms with Crippen molar-refractivity contribution in [3.8, 4) is 28.2 Å². The van der Waals surface area contributed by atoms with Crippen LogP contribution in [0.25, 0.3) is 28.2 Å². The molecular formula is C26H19N7O2. The van der Waals surface area contributed by atoms with Gasteiger partial charge in [0.05, 0.1) is 16.8 Å². The normalized spacial score (nSPS) is 11.0. The molecule has 0 atom stereocenters. The molecule has 0 unspecified atom stereocenters. The van der Waals surface area contributed by atoms with E-state index in [9.17, 15) is 10.1 Å². The molecule has 0 spiro atoms. The van der Waals surface area contributed by atoms with Gasteiger partial charge in [0.15, 0.2) is 0 Å². The van der Waals surface area contributed by atoms with Gasteiger partial charge in [-0.15, -0.1) is 10.2 Å². The molecule has 0 bridgehead atoms. The largest absolute Gasteiger partial charge is 0.316 e. The van der Waals surface area contributed by atoms with Gasteiger partial charge in [0.25, 0.3) is 11.6 Å². The number of hydrogen-bond acceptors (Lipinski definition) is 7. The summed E-state index contributed by atoms with van der Waals surface area (Å²) in [7, 11) is 0. The number of anilines is 1. The average Bonchev–Trinajstić information content (AvgIpc) is 3.38. The molecular weight excluding hydrogens is 442 g/mol. The molecule has 0 aliphatic carbocycles. The van der Waals surface area contributed by atoms with E-state index >= 15 is 0 Å². The first-order chi connectivity index (χ1) is 17.2. The molecule has 0 radical (unpaired) electrons. The molecule has 0 amide bonds. The van der Waals surface area contributed by atoms with Crippen LogP contribution >= 0.6 is 0 Å². The van der Waals surface area contributed by atoms with E-state index in [0.717, 1.165) is 22.5 Å². The molecule has 170 valence electrons. The van der Waals surface area contributed by atoms with Crippen LogP contribution in [-0.2, 0) is 0 Å². The van der Waals surface area contributed by atoms with Gasteiger partial charge in [-0.2, -0.15) is 5.10 Å². The molecule has 9 nitrogen and oxygen atoms in total. The predicted octanol–water partition coefficient (Wildman–Crippen LogP) is 5.35. The molecule has 0 saturated heterocycles. The molecule has 0 saturated carbocycles. The Kier molecular flexibility index (Phi) is 6.03. The van der Waals surface area contributed by atoms with E-state index in [1.54, 1.807) is 18.3 Å². The summed E-state index contributed by atoms with van der Waals surface area (Å²) in [6, 6.07) is 29.6. The minimum atomic E-state index is -0.424. The Labute approximate surface area is 200 Å². The molecule has 1 N–H and O–H groups in total. The summed E-state index contributed by atoms with van der Waals surface area (Å²) in [6.45, 7) is 0. The van der Waals surface area contributed by atoms with Crippen molar-refractivity contribution in [3.05, 3.63) is 119 Å². The standard InChI is InChI=1S/C26H19N7O2/c34-33(35)22-15-13-21(14-16-22)32-17-7-12-23(32)18-27-30-26-28-24(19-8-3-1-4-9-19)25(29-31-26)20-10-5-2-6-11-20/h1-18H,(H,28,30,31)/b27-18-. The maximum Gasteiger partial charge on any atom is 0.269 e. The topological polar surface area (TPSA) is 111 Å². The van der Waals surface area contributed by atoms with Crippen LogP contribution in [0.2, 0.25) is 0 Å². The van der Waals surface area contributed by atoms with E-state index in [1.165, 1.54) is 12.1 Å². The fraction of sp³-hybridized carbons (Fsp3) is 0. The van der Waals surface area contributed by atoms with Crippen LogP contribution in [0.1, 0.15) is 5.69 Å². The quantitative estimate of drug-likeness (QED) is 0.199. The molecule has 9 heteroatoms.